The minimum Gasteiger partial charge on any atom is -0.481 e. The smallest absolute Gasteiger partial charge is 0.407 e. The molecule has 34 heavy (non-hydrogen) atoms. The van der Waals surface area contributed by atoms with Crippen molar-refractivity contribution < 1.29 is 24.2 Å². The van der Waals surface area contributed by atoms with E-state index >= 15 is 0 Å². The molecule has 0 saturated carbocycles. The molecule has 182 valence electrons. The van der Waals surface area contributed by atoms with Gasteiger partial charge in [0.15, 0.2) is 0 Å². The van der Waals surface area contributed by atoms with E-state index in [1.165, 1.54) is 0 Å². The second kappa shape index (κ2) is 11.7. The van der Waals surface area contributed by atoms with Crippen LogP contribution in [-0.4, -0.2) is 54.2 Å². The molecule has 0 fully saturated rings. The Kier molecular flexibility index (Phi) is 8.68. The summed E-state index contributed by atoms with van der Waals surface area (Å²) in [6.45, 7) is 6.78. The van der Waals surface area contributed by atoms with Gasteiger partial charge in [-0.3, -0.25) is 9.59 Å². The van der Waals surface area contributed by atoms with E-state index in [1.54, 1.807) is 4.90 Å². The van der Waals surface area contributed by atoms with Gasteiger partial charge >= 0.3 is 12.1 Å². The monoisotopic (exact) mass is 466 g/mol. The maximum atomic E-state index is 13.1. The van der Waals surface area contributed by atoms with Crippen molar-refractivity contribution in [1.29, 1.82) is 0 Å². The molecule has 1 unspecified atom stereocenters. The van der Waals surface area contributed by atoms with Crippen molar-refractivity contribution in [2.75, 3.05) is 26.2 Å². The molecule has 2 aromatic rings. The molecular formula is C27H34N2O5. The summed E-state index contributed by atoms with van der Waals surface area (Å²) in [6, 6.07) is 16.3. The third kappa shape index (κ3) is 5.95. The quantitative estimate of drug-likeness (QED) is 0.508. The normalized spacial score (nSPS) is 13.2. The number of nitrogens with one attached hydrogen (secondary N) is 1. The van der Waals surface area contributed by atoms with Crippen LogP contribution in [0.25, 0.3) is 11.1 Å². The standard InChI is InChI=1S/C27H34N2O5/c1-4-14-29(15-13-25(30)31)26(32)23(18(2)3)16-28-27(33)34-17-24-21-11-7-5-9-19(21)20-10-6-8-12-22(20)24/h5-12,18,23-24H,4,13-17H2,1-3H3,(H,28,33)(H,30,31). The van der Waals surface area contributed by atoms with Gasteiger partial charge in [-0.25, -0.2) is 4.79 Å². The molecule has 0 saturated heterocycles. The maximum Gasteiger partial charge on any atom is 0.407 e. The molecule has 7 nitrogen and oxygen atoms in total. The first kappa shape index (κ1) is 25.3. The Balaban J connectivity index is 1.60. The molecule has 7 heteroatoms. The van der Waals surface area contributed by atoms with Crippen molar-refractivity contribution >= 4 is 18.0 Å². The molecule has 0 radical (unpaired) electrons. The fourth-order valence-corrected chi connectivity index (χ4v) is 4.52. The van der Waals surface area contributed by atoms with Crippen molar-refractivity contribution in [3.63, 3.8) is 0 Å². The maximum absolute atomic E-state index is 13.1. The summed E-state index contributed by atoms with van der Waals surface area (Å²) < 4.78 is 5.58. The molecule has 2 amide bonds. The van der Waals surface area contributed by atoms with Crippen molar-refractivity contribution in [2.45, 2.75) is 39.5 Å². The van der Waals surface area contributed by atoms with Gasteiger partial charge in [-0.05, 0) is 34.6 Å². The summed E-state index contributed by atoms with van der Waals surface area (Å²) >= 11 is 0. The zero-order valence-electron chi connectivity index (χ0n) is 20.1. The Morgan fingerprint density at radius 2 is 1.59 bits per heavy atom. The molecule has 2 aromatic carbocycles. The minimum absolute atomic E-state index is 0.0226. The molecule has 1 aliphatic carbocycles. The minimum atomic E-state index is -0.938. The average molecular weight is 467 g/mol. The first-order valence-corrected chi connectivity index (χ1v) is 11.9. The van der Waals surface area contributed by atoms with Crippen molar-refractivity contribution in [2.24, 2.45) is 11.8 Å². The van der Waals surface area contributed by atoms with Gasteiger partial charge in [0.2, 0.25) is 5.91 Å². The number of carboxylic acid groups (broad SMARTS) is 1. The molecule has 2 N–H and O–H groups in total. The summed E-state index contributed by atoms with van der Waals surface area (Å²) in [4.78, 5) is 38.2. The Labute approximate surface area is 201 Å². The molecule has 0 aromatic heterocycles. The number of carbonyl (C=O) groups excluding carboxylic acids is 2. The first-order chi connectivity index (χ1) is 16.3. The van der Waals surface area contributed by atoms with Crippen molar-refractivity contribution in [1.82, 2.24) is 10.2 Å². The number of fused-ring (bicyclic) bond motifs is 3. The number of ether oxygens (including phenoxy) is 1. The number of hydrogen-bond donors (Lipinski definition) is 2. The first-order valence-electron chi connectivity index (χ1n) is 11.9. The predicted octanol–water partition coefficient (Wildman–Crippen LogP) is 4.51. The largest absolute Gasteiger partial charge is 0.481 e. The highest BCUT2D eigenvalue weighted by atomic mass is 16.5. The number of nitrogens with zero attached hydrogens (tertiary/aromatic N) is 1. The van der Waals surface area contributed by atoms with E-state index in [0.29, 0.717) is 6.54 Å². The number of amides is 2. The van der Waals surface area contributed by atoms with Crippen LogP contribution in [0, 0.1) is 11.8 Å². The predicted molar refractivity (Wildman–Crippen MR) is 131 cm³/mol. The summed E-state index contributed by atoms with van der Waals surface area (Å²) in [7, 11) is 0. The molecule has 0 bridgehead atoms. The van der Waals surface area contributed by atoms with Crippen LogP contribution in [0.5, 0.6) is 0 Å². The molecule has 1 atom stereocenters. The van der Waals surface area contributed by atoms with Crippen molar-refractivity contribution in [3.05, 3.63) is 59.7 Å². The second-order valence-corrected chi connectivity index (χ2v) is 9.03. The van der Waals surface area contributed by atoms with E-state index in [0.717, 1.165) is 28.7 Å². The molecule has 3 rings (SSSR count). The third-order valence-corrected chi connectivity index (χ3v) is 6.33. The zero-order valence-corrected chi connectivity index (χ0v) is 20.1. The average Bonchev–Trinajstić information content (AvgIpc) is 3.13. The van der Waals surface area contributed by atoms with E-state index in [-0.39, 0.29) is 43.9 Å². The number of carbonyl (C=O) groups is 3. The number of carboxylic acids is 1. The third-order valence-electron chi connectivity index (χ3n) is 6.33. The highest BCUT2D eigenvalue weighted by Crippen LogP contribution is 2.44. The van der Waals surface area contributed by atoms with Gasteiger partial charge in [-0.15, -0.1) is 0 Å². The van der Waals surface area contributed by atoms with Gasteiger partial charge in [0, 0.05) is 25.6 Å². The van der Waals surface area contributed by atoms with Gasteiger partial charge in [0.1, 0.15) is 6.61 Å². The van der Waals surface area contributed by atoms with Crippen LogP contribution in [0.4, 0.5) is 4.79 Å². The van der Waals surface area contributed by atoms with E-state index in [2.05, 4.69) is 29.6 Å². The van der Waals surface area contributed by atoms with Crippen LogP contribution in [0.3, 0.4) is 0 Å². The molecular weight excluding hydrogens is 432 g/mol. The van der Waals surface area contributed by atoms with Crippen LogP contribution < -0.4 is 5.32 Å². The summed E-state index contributed by atoms with van der Waals surface area (Å²) in [5.41, 5.74) is 4.60. The zero-order chi connectivity index (χ0) is 24.7. The summed E-state index contributed by atoms with van der Waals surface area (Å²) in [5.74, 6) is -1.59. The lowest BCUT2D eigenvalue weighted by Gasteiger charge is -2.29. The molecule has 0 aliphatic heterocycles. The van der Waals surface area contributed by atoms with E-state index in [4.69, 9.17) is 9.84 Å². The van der Waals surface area contributed by atoms with Crippen LogP contribution in [0.1, 0.15) is 50.7 Å². The van der Waals surface area contributed by atoms with E-state index in [1.807, 2.05) is 45.0 Å². The Morgan fingerprint density at radius 3 is 2.12 bits per heavy atom. The van der Waals surface area contributed by atoms with Crippen LogP contribution in [0.2, 0.25) is 0 Å². The number of aliphatic carboxylic acids is 1. The Hall–Kier alpha value is -3.35. The number of rotatable bonds is 11. The van der Waals surface area contributed by atoms with Crippen molar-refractivity contribution in [3.8, 4) is 11.1 Å². The summed E-state index contributed by atoms with van der Waals surface area (Å²) in [5, 5.41) is 11.8. The van der Waals surface area contributed by atoms with Crippen LogP contribution >= 0.6 is 0 Å². The topological polar surface area (TPSA) is 95.9 Å². The second-order valence-electron chi connectivity index (χ2n) is 9.03. The molecule has 1 aliphatic rings. The number of hydrogen-bond acceptors (Lipinski definition) is 4. The highest BCUT2D eigenvalue weighted by Gasteiger charge is 2.30. The van der Waals surface area contributed by atoms with Gasteiger partial charge < -0.3 is 20.1 Å². The Bertz CT molecular complexity index is 974. The Morgan fingerprint density at radius 1 is 1.00 bits per heavy atom. The number of alkyl carbamates (subject to hydrolysis) is 1. The lowest BCUT2D eigenvalue weighted by atomic mass is 9.94. The van der Waals surface area contributed by atoms with Crippen LogP contribution in [-0.2, 0) is 14.3 Å². The van der Waals surface area contributed by atoms with Gasteiger partial charge in [-0.1, -0.05) is 69.3 Å². The van der Waals surface area contributed by atoms with Gasteiger partial charge in [0.25, 0.3) is 0 Å². The lowest BCUT2D eigenvalue weighted by Crippen LogP contribution is -2.44. The molecule has 0 heterocycles. The SMILES string of the molecule is CCCN(CCC(=O)O)C(=O)C(CNC(=O)OCC1c2ccccc2-c2ccccc21)C(C)C. The number of benzene rings is 2. The fraction of sp³-hybridized carbons (Fsp3) is 0.444. The summed E-state index contributed by atoms with van der Waals surface area (Å²) in [6.07, 6.45) is 0.0692. The van der Waals surface area contributed by atoms with Gasteiger partial charge in [-0.2, -0.15) is 0 Å². The van der Waals surface area contributed by atoms with Crippen LogP contribution in [0.15, 0.2) is 48.5 Å². The lowest BCUT2D eigenvalue weighted by molar-refractivity contribution is -0.140. The highest BCUT2D eigenvalue weighted by molar-refractivity contribution is 5.81. The van der Waals surface area contributed by atoms with E-state index in [9.17, 15) is 14.4 Å². The fourth-order valence-electron chi connectivity index (χ4n) is 4.52. The van der Waals surface area contributed by atoms with Gasteiger partial charge in [0.05, 0.1) is 12.3 Å². The van der Waals surface area contributed by atoms with E-state index < -0.39 is 18.0 Å². The molecule has 0 spiro atoms.